The van der Waals surface area contributed by atoms with Crippen LogP contribution in [0.4, 0.5) is 4.79 Å². The maximum absolute atomic E-state index is 11.7. The molecule has 1 heterocycles. The molecule has 0 saturated carbocycles. The van der Waals surface area contributed by atoms with Crippen molar-refractivity contribution in [3.63, 3.8) is 0 Å². The molecule has 1 aromatic carbocycles. The van der Waals surface area contributed by atoms with Crippen molar-refractivity contribution in [1.82, 2.24) is 4.90 Å². The van der Waals surface area contributed by atoms with Gasteiger partial charge in [0.05, 0.1) is 13.2 Å². The van der Waals surface area contributed by atoms with Crippen molar-refractivity contribution >= 4 is 12.2 Å². The van der Waals surface area contributed by atoms with Crippen LogP contribution in [0.25, 0.3) is 6.08 Å². The smallest absolute Gasteiger partial charge is 0.415 e. The summed E-state index contributed by atoms with van der Waals surface area (Å²) in [5.74, 6) is 0. The average Bonchev–Trinajstić information content (AvgIpc) is 2.36. The van der Waals surface area contributed by atoms with E-state index in [4.69, 9.17) is 4.74 Å². The van der Waals surface area contributed by atoms with Gasteiger partial charge in [-0.15, -0.1) is 0 Å². The van der Waals surface area contributed by atoms with Crippen molar-refractivity contribution in [3.8, 4) is 6.07 Å². The van der Waals surface area contributed by atoms with E-state index in [9.17, 15) is 10.1 Å². The fraction of sp³-hybridized carbons (Fsp3) is 0.231. The van der Waals surface area contributed by atoms with E-state index >= 15 is 0 Å². The van der Waals surface area contributed by atoms with Crippen LogP contribution in [0.3, 0.4) is 0 Å². The number of amides is 1. The fourth-order valence-electron chi connectivity index (χ4n) is 2.00. The summed E-state index contributed by atoms with van der Waals surface area (Å²) in [7, 11) is 1.31. The lowest BCUT2D eigenvalue weighted by Gasteiger charge is -2.31. The number of hydrogen-bond acceptors (Lipinski definition) is 3. The summed E-state index contributed by atoms with van der Waals surface area (Å²) < 4.78 is 4.70. The Morgan fingerprint density at radius 2 is 2.18 bits per heavy atom. The zero-order valence-corrected chi connectivity index (χ0v) is 9.68. The minimum atomic E-state index is -0.622. The number of nitriles is 1. The molecule has 0 aliphatic carbocycles. The number of methoxy groups -OCH3 is 1. The van der Waals surface area contributed by atoms with Gasteiger partial charge >= 0.3 is 6.09 Å². The second-order valence-electron chi connectivity index (χ2n) is 3.79. The maximum Gasteiger partial charge on any atom is 0.415 e. The summed E-state index contributed by atoms with van der Waals surface area (Å²) in [6, 6.07) is 9.06. The van der Waals surface area contributed by atoms with Gasteiger partial charge in [-0.25, -0.2) is 4.79 Å². The Hall–Kier alpha value is -2.28. The van der Waals surface area contributed by atoms with E-state index in [1.807, 2.05) is 30.3 Å². The Balaban J connectivity index is 2.55. The van der Waals surface area contributed by atoms with Gasteiger partial charge in [0.1, 0.15) is 0 Å². The second-order valence-corrected chi connectivity index (χ2v) is 3.79. The van der Waals surface area contributed by atoms with Gasteiger partial charge in [-0.2, -0.15) is 5.26 Å². The van der Waals surface area contributed by atoms with E-state index in [0.29, 0.717) is 5.70 Å². The van der Waals surface area contributed by atoms with Crippen molar-refractivity contribution in [1.29, 1.82) is 5.26 Å². The Morgan fingerprint density at radius 1 is 1.47 bits per heavy atom. The molecule has 0 spiro atoms. The number of allylic oxidation sites excluding steroid dienone is 1. The molecular weight excluding hydrogens is 216 g/mol. The van der Waals surface area contributed by atoms with E-state index < -0.39 is 12.1 Å². The highest BCUT2D eigenvalue weighted by Crippen LogP contribution is 2.33. The molecule has 1 amide bonds. The van der Waals surface area contributed by atoms with Gasteiger partial charge in [-0.1, -0.05) is 24.3 Å². The van der Waals surface area contributed by atoms with Gasteiger partial charge in [0.15, 0.2) is 6.04 Å². The number of hydrogen-bond donors (Lipinski definition) is 0. The number of carbonyl (C=O) groups is 1. The quantitative estimate of drug-likeness (QED) is 0.686. The van der Waals surface area contributed by atoms with Crippen LogP contribution < -0.4 is 0 Å². The standard InChI is InChI=1S/C13H12N2O2/c1-9-7-10-5-3-4-6-11(10)12(8-14)15(9)13(16)17-2/h3-7,12H,1-2H3/t12-/m1/s1. The fourth-order valence-corrected chi connectivity index (χ4v) is 2.00. The minimum Gasteiger partial charge on any atom is -0.452 e. The summed E-state index contributed by atoms with van der Waals surface area (Å²) in [6.07, 6.45) is 1.36. The molecule has 4 nitrogen and oxygen atoms in total. The molecule has 4 heteroatoms. The molecule has 0 radical (unpaired) electrons. The lowest BCUT2D eigenvalue weighted by atomic mass is 9.95. The van der Waals surface area contributed by atoms with Crippen molar-refractivity contribution in [2.75, 3.05) is 7.11 Å². The first-order chi connectivity index (χ1) is 8.19. The Labute approximate surface area is 99.7 Å². The van der Waals surface area contributed by atoms with Gasteiger partial charge < -0.3 is 4.74 Å². The maximum atomic E-state index is 11.7. The average molecular weight is 228 g/mol. The van der Waals surface area contributed by atoms with Gasteiger partial charge in [0, 0.05) is 5.70 Å². The number of fused-ring (bicyclic) bond motifs is 1. The third-order valence-electron chi connectivity index (χ3n) is 2.79. The van der Waals surface area contributed by atoms with Crippen LogP contribution in [0.15, 0.2) is 30.0 Å². The molecule has 17 heavy (non-hydrogen) atoms. The molecule has 2 rings (SSSR count). The molecule has 0 N–H and O–H groups in total. The predicted molar refractivity (Wildman–Crippen MR) is 62.7 cm³/mol. The molecule has 1 aliphatic rings. The van der Waals surface area contributed by atoms with Gasteiger partial charge in [0.2, 0.25) is 0 Å². The zero-order chi connectivity index (χ0) is 12.4. The van der Waals surface area contributed by atoms with E-state index in [1.54, 1.807) is 6.92 Å². The van der Waals surface area contributed by atoms with Gasteiger partial charge in [-0.05, 0) is 24.1 Å². The Kier molecular flexibility index (Phi) is 2.84. The highest BCUT2D eigenvalue weighted by Gasteiger charge is 2.31. The first kappa shape index (κ1) is 11.2. The molecule has 0 bridgehead atoms. The molecule has 1 atom stereocenters. The number of ether oxygens (including phenoxy) is 1. The largest absolute Gasteiger partial charge is 0.452 e. The molecule has 1 aliphatic heterocycles. The van der Waals surface area contributed by atoms with E-state index in [1.165, 1.54) is 12.0 Å². The SMILES string of the molecule is COC(=O)N1C(C)=Cc2ccccc2[C@H]1C#N. The first-order valence-electron chi connectivity index (χ1n) is 5.23. The normalized spacial score (nSPS) is 17.8. The third kappa shape index (κ3) is 1.76. The summed E-state index contributed by atoms with van der Waals surface area (Å²) >= 11 is 0. The monoisotopic (exact) mass is 228 g/mol. The van der Waals surface area contributed by atoms with Crippen molar-refractivity contribution < 1.29 is 9.53 Å². The highest BCUT2D eigenvalue weighted by molar-refractivity contribution is 5.76. The van der Waals surface area contributed by atoms with Gasteiger partial charge in [0.25, 0.3) is 0 Å². The minimum absolute atomic E-state index is 0.514. The van der Waals surface area contributed by atoms with Crippen LogP contribution >= 0.6 is 0 Å². The molecule has 1 aromatic rings. The molecular formula is C13H12N2O2. The third-order valence-corrected chi connectivity index (χ3v) is 2.79. The Morgan fingerprint density at radius 3 is 2.82 bits per heavy atom. The van der Waals surface area contributed by atoms with E-state index in [2.05, 4.69) is 6.07 Å². The van der Waals surface area contributed by atoms with Crippen LogP contribution in [-0.4, -0.2) is 18.1 Å². The van der Waals surface area contributed by atoms with Crippen LogP contribution in [0, 0.1) is 11.3 Å². The predicted octanol–water partition coefficient (Wildman–Crippen LogP) is 2.69. The van der Waals surface area contributed by atoms with Crippen molar-refractivity contribution in [2.24, 2.45) is 0 Å². The van der Waals surface area contributed by atoms with Crippen LogP contribution in [0.1, 0.15) is 24.1 Å². The van der Waals surface area contributed by atoms with Crippen molar-refractivity contribution in [2.45, 2.75) is 13.0 Å². The number of benzene rings is 1. The lowest BCUT2D eigenvalue weighted by Crippen LogP contribution is -2.34. The number of rotatable bonds is 0. The zero-order valence-electron chi connectivity index (χ0n) is 9.68. The van der Waals surface area contributed by atoms with Crippen LogP contribution in [0.5, 0.6) is 0 Å². The highest BCUT2D eigenvalue weighted by atomic mass is 16.5. The van der Waals surface area contributed by atoms with E-state index in [0.717, 1.165) is 11.1 Å². The summed E-state index contributed by atoms with van der Waals surface area (Å²) in [5, 5.41) is 9.24. The topological polar surface area (TPSA) is 53.3 Å². The lowest BCUT2D eigenvalue weighted by molar-refractivity contribution is 0.128. The summed E-state index contributed by atoms with van der Waals surface area (Å²) in [4.78, 5) is 13.0. The molecule has 0 unspecified atom stereocenters. The summed E-state index contributed by atoms with van der Waals surface area (Å²) in [5.41, 5.74) is 2.50. The summed E-state index contributed by atoms with van der Waals surface area (Å²) in [6.45, 7) is 1.79. The molecule has 0 aromatic heterocycles. The Bertz CT molecular complexity index is 528. The number of carbonyl (C=O) groups excluding carboxylic acids is 1. The van der Waals surface area contributed by atoms with Crippen LogP contribution in [0.2, 0.25) is 0 Å². The molecule has 0 saturated heterocycles. The van der Waals surface area contributed by atoms with Crippen LogP contribution in [-0.2, 0) is 4.74 Å². The molecule has 86 valence electrons. The van der Waals surface area contributed by atoms with E-state index in [-0.39, 0.29) is 0 Å². The van der Waals surface area contributed by atoms with Crippen molar-refractivity contribution in [3.05, 3.63) is 41.1 Å². The first-order valence-corrected chi connectivity index (χ1v) is 5.23. The number of nitrogens with zero attached hydrogens (tertiary/aromatic N) is 2. The molecule has 0 fully saturated rings. The van der Waals surface area contributed by atoms with Gasteiger partial charge in [-0.3, -0.25) is 4.90 Å². The second kappa shape index (κ2) is 4.30.